The summed E-state index contributed by atoms with van der Waals surface area (Å²) in [4.78, 5) is 66.2. The van der Waals surface area contributed by atoms with E-state index in [4.69, 9.17) is 25.5 Å². The quantitative estimate of drug-likeness (QED) is 0.0397. The Balaban J connectivity index is 1.28. The summed E-state index contributed by atoms with van der Waals surface area (Å²) in [6.45, 7) is 3.34. The Bertz CT molecular complexity index is 1590. The number of nitrogens with two attached hydrogens (primary N) is 1. The number of ketones is 1. The number of azide groups is 1. The van der Waals surface area contributed by atoms with Crippen LogP contribution in [0.1, 0.15) is 54.6 Å². The fraction of sp³-hybridized carbons (Fsp3) is 0.500. The molecule has 0 spiro atoms. The number of fused-ring (bicyclic) bond motifs is 1. The number of nitrogens with one attached hydrogen (secondary N) is 3. The van der Waals surface area contributed by atoms with Crippen LogP contribution in [0.15, 0.2) is 40.4 Å². The Kier molecular flexibility index (Phi) is 16.2. The van der Waals surface area contributed by atoms with Gasteiger partial charge in [-0.3, -0.25) is 19.4 Å². The SMILES string of the molecule is [N-]=[N+]=NCCCOCCOCCOCCCCC(=O)CC[C@H](NC(=O)c1ccc(NCc2cnc3nc(N)[nH]c(=O)c3n2)cc1)C(=O)O. The second kappa shape index (κ2) is 20.9. The number of benzene rings is 1. The first-order valence-electron chi connectivity index (χ1n) is 15.4. The highest BCUT2D eigenvalue weighted by atomic mass is 16.5. The first-order chi connectivity index (χ1) is 23.3. The van der Waals surface area contributed by atoms with Crippen LogP contribution < -0.4 is 21.9 Å². The van der Waals surface area contributed by atoms with Crippen LogP contribution in [0, 0.1) is 0 Å². The molecule has 0 radical (unpaired) electrons. The van der Waals surface area contributed by atoms with Crippen molar-refractivity contribution in [1.29, 1.82) is 0 Å². The maximum atomic E-state index is 12.7. The molecule has 3 aromatic rings. The minimum atomic E-state index is -1.23. The number of hydrogen-bond acceptors (Lipinski definition) is 13. The van der Waals surface area contributed by atoms with E-state index in [9.17, 15) is 24.3 Å². The number of carboxylic acids is 1. The Morgan fingerprint density at radius 3 is 2.35 bits per heavy atom. The lowest BCUT2D eigenvalue weighted by Crippen LogP contribution is -2.41. The van der Waals surface area contributed by atoms with Crippen molar-refractivity contribution in [2.24, 2.45) is 5.11 Å². The average Bonchev–Trinajstić information content (AvgIpc) is 3.07. The molecule has 3 rings (SSSR count). The van der Waals surface area contributed by atoms with Crippen molar-refractivity contribution in [2.45, 2.75) is 51.1 Å². The summed E-state index contributed by atoms with van der Waals surface area (Å²) < 4.78 is 16.2. The zero-order valence-corrected chi connectivity index (χ0v) is 26.4. The molecule has 0 saturated heterocycles. The van der Waals surface area contributed by atoms with E-state index in [2.05, 4.69) is 40.6 Å². The zero-order valence-electron chi connectivity index (χ0n) is 26.4. The average molecular weight is 669 g/mol. The predicted octanol–water partition coefficient (Wildman–Crippen LogP) is 2.36. The van der Waals surface area contributed by atoms with Crippen LogP contribution in [0.4, 0.5) is 11.6 Å². The van der Waals surface area contributed by atoms with Crippen molar-refractivity contribution in [3.05, 3.63) is 62.5 Å². The van der Waals surface area contributed by atoms with E-state index in [0.717, 1.165) is 0 Å². The molecule has 1 amide bonds. The van der Waals surface area contributed by atoms with Gasteiger partial charge in [0.25, 0.3) is 11.5 Å². The largest absolute Gasteiger partial charge is 0.480 e. The molecular formula is C30H40N10O8. The molecule has 48 heavy (non-hydrogen) atoms. The molecule has 258 valence electrons. The number of anilines is 2. The molecule has 0 aliphatic heterocycles. The summed E-state index contributed by atoms with van der Waals surface area (Å²) in [7, 11) is 0. The van der Waals surface area contributed by atoms with Gasteiger partial charge in [-0.1, -0.05) is 5.11 Å². The van der Waals surface area contributed by atoms with Gasteiger partial charge in [0.2, 0.25) is 5.95 Å². The molecule has 0 bridgehead atoms. The van der Waals surface area contributed by atoms with Gasteiger partial charge in [0.1, 0.15) is 11.8 Å². The molecule has 2 aromatic heterocycles. The van der Waals surface area contributed by atoms with Gasteiger partial charge in [0.15, 0.2) is 11.2 Å². The van der Waals surface area contributed by atoms with Gasteiger partial charge in [-0.05, 0) is 55.5 Å². The van der Waals surface area contributed by atoms with Crippen molar-refractivity contribution < 1.29 is 33.7 Å². The van der Waals surface area contributed by atoms with Gasteiger partial charge in [-0.25, -0.2) is 14.8 Å². The molecular weight excluding hydrogens is 628 g/mol. The number of carbonyl (C=O) groups excluding carboxylic acids is 2. The van der Waals surface area contributed by atoms with E-state index >= 15 is 0 Å². The summed E-state index contributed by atoms with van der Waals surface area (Å²) in [5, 5.41) is 18.6. The molecule has 0 aliphatic carbocycles. The van der Waals surface area contributed by atoms with Crippen LogP contribution in [0.3, 0.4) is 0 Å². The summed E-state index contributed by atoms with van der Waals surface area (Å²) >= 11 is 0. The second-order valence-electron chi connectivity index (χ2n) is 10.5. The number of nitrogens with zero attached hydrogens (tertiary/aromatic N) is 6. The third-order valence-corrected chi connectivity index (χ3v) is 6.77. The monoisotopic (exact) mass is 668 g/mol. The number of carboxylic acid groups (broad SMARTS) is 1. The number of rotatable bonds is 24. The van der Waals surface area contributed by atoms with Crippen LogP contribution in [-0.4, -0.2) is 94.9 Å². The molecule has 1 aromatic carbocycles. The normalized spacial score (nSPS) is 11.5. The smallest absolute Gasteiger partial charge is 0.326 e. The lowest BCUT2D eigenvalue weighted by atomic mass is 10.0. The van der Waals surface area contributed by atoms with Gasteiger partial charge in [-0.15, -0.1) is 0 Å². The number of aromatic nitrogens is 4. The van der Waals surface area contributed by atoms with Gasteiger partial charge < -0.3 is 35.7 Å². The van der Waals surface area contributed by atoms with Crippen molar-refractivity contribution in [1.82, 2.24) is 25.3 Å². The molecule has 0 fully saturated rings. The number of Topliss-reactive ketones (excluding diaryl/α,β-unsaturated/α-hetero) is 1. The highest BCUT2D eigenvalue weighted by Crippen LogP contribution is 2.13. The number of aliphatic carboxylic acids is 1. The molecule has 18 nitrogen and oxygen atoms in total. The third kappa shape index (κ3) is 13.7. The number of ether oxygens (including phenoxy) is 3. The molecule has 6 N–H and O–H groups in total. The number of H-pyrrole nitrogens is 1. The molecule has 2 heterocycles. The molecule has 0 aliphatic rings. The van der Waals surface area contributed by atoms with E-state index in [1.807, 2.05) is 0 Å². The second-order valence-corrected chi connectivity index (χ2v) is 10.5. The standard InChI is InChI=1S/C30H40N10O8/c31-30-38-26-25(28(43)39-30)36-22(19-34-26)18-33-21-7-5-20(6-8-21)27(42)37-24(29(44)45)10-9-23(41)4-1-2-12-46-14-16-48-17-15-47-13-3-11-35-40-32/h5-8,19,24,33H,1-4,9-18H2,(H,37,42)(H,44,45)(H3,31,34,38,39,43)/t24-/m0/s1. The fourth-order valence-electron chi connectivity index (χ4n) is 4.27. The first kappa shape index (κ1) is 37.3. The topological polar surface area (TPSA) is 270 Å². The maximum absolute atomic E-state index is 12.7. The number of carbonyl (C=O) groups is 3. The number of amides is 1. The summed E-state index contributed by atoms with van der Waals surface area (Å²) in [5.41, 5.74) is 14.8. The van der Waals surface area contributed by atoms with Crippen LogP contribution in [0.2, 0.25) is 0 Å². The minimum absolute atomic E-state index is 0.0232. The van der Waals surface area contributed by atoms with E-state index in [-0.39, 0.29) is 47.8 Å². The van der Waals surface area contributed by atoms with E-state index < -0.39 is 23.5 Å². The Labute approximate surface area is 275 Å². The number of hydrogen-bond donors (Lipinski definition) is 5. The highest BCUT2D eigenvalue weighted by molar-refractivity contribution is 5.97. The predicted molar refractivity (Wildman–Crippen MR) is 174 cm³/mol. The number of unbranched alkanes of at least 4 members (excludes halogenated alkanes) is 1. The Morgan fingerprint density at radius 1 is 0.979 bits per heavy atom. The minimum Gasteiger partial charge on any atom is -0.480 e. The number of aromatic amines is 1. The lowest BCUT2D eigenvalue weighted by Gasteiger charge is -2.14. The Morgan fingerprint density at radius 2 is 1.67 bits per heavy atom. The van der Waals surface area contributed by atoms with Crippen molar-refractivity contribution in [2.75, 3.05) is 57.2 Å². The van der Waals surface area contributed by atoms with Crippen LogP contribution in [0.25, 0.3) is 21.6 Å². The first-order valence-corrected chi connectivity index (χ1v) is 15.4. The Hall–Kier alpha value is -5.16. The van der Waals surface area contributed by atoms with Crippen molar-refractivity contribution in [3.8, 4) is 0 Å². The number of nitrogen functional groups attached to an aromatic ring is 1. The molecule has 18 heteroatoms. The van der Waals surface area contributed by atoms with Gasteiger partial charge in [0.05, 0.1) is 44.9 Å². The van der Waals surface area contributed by atoms with Crippen LogP contribution >= 0.6 is 0 Å². The van der Waals surface area contributed by atoms with E-state index in [1.54, 1.807) is 12.1 Å². The van der Waals surface area contributed by atoms with Crippen molar-refractivity contribution >= 4 is 40.5 Å². The van der Waals surface area contributed by atoms with E-state index in [0.29, 0.717) is 83.3 Å². The van der Waals surface area contributed by atoms with Crippen molar-refractivity contribution in [3.63, 3.8) is 0 Å². The van der Waals surface area contributed by atoms with Crippen LogP contribution in [-0.2, 0) is 30.3 Å². The van der Waals surface area contributed by atoms with Crippen LogP contribution in [0.5, 0.6) is 0 Å². The van der Waals surface area contributed by atoms with Gasteiger partial charge in [0, 0.05) is 48.8 Å². The summed E-state index contributed by atoms with van der Waals surface area (Å²) in [5.74, 6) is -1.95. The maximum Gasteiger partial charge on any atom is 0.326 e. The van der Waals surface area contributed by atoms with Gasteiger partial charge in [-0.2, -0.15) is 4.98 Å². The zero-order chi connectivity index (χ0) is 34.6. The van der Waals surface area contributed by atoms with E-state index in [1.165, 1.54) is 18.3 Å². The fourth-order valence-corrected chi connectivity index (χ4v) is 4.27. The summed E-state index contributed by atoms with van der Waals surface area (Å²) in [6.07, 6.45) is 3.69. The lowest BCUT2D eigenvalue weighted by molar-refractivity contribution is -0.139. The van der Waals surface area contributed by atoms with Gasteiger partial charge >= 0.3 is 5.97 Å². The molecule has 1 atom stereocenters. The highest BCUT2D eigenvalue weighted by Gasteiger charge is 2.21. The molecule has 0 unspecified atom stereocenters. The third-order valence-electron chi connectivity index (χ3n) is 6.77. The molecule has 0 saturated carbocycles. The summed E-state index contributed by atoms with van der Waals surface area (Å²) in [6, 6.07) is 5.14.